The van der Waals surface area contributed by atoms with Crippen molar-refractivity contribution in [3.63, 3.8) is 0 Å². The molecule has 1 aromatic heterocycles. The lowest BCUT2D eigenvalue weighted by Crippen LogP contribution is -2.02. The highest BCUT2D eigenvalue weighted by Gasteiger charge is 2.09. The van der Waals surface area contributed by atoms with Crippen molar-refractivity contribution >= 4 is 29.1 Å². The van der Waals surface area contributed by atoms with Gasteiger partial charge in [0.25, 0.3) is 5.91 Å². The minimum atomic E-state index is -0.924. The van der Waals surface area contributed by atoms with Crippen molar-refractivity contribution in [3.05, 3.63) is 21.9 Å². The largest absolute Gasteiger partial charge is 0.273 e. The van der Waals surface area contributed by atoms with Crippen LogP contribution >= 0.6 is 23.2 Å². The molecule has 1 heterocycles. The van der Waals surface area contributed by atoms with Crippen LogP contribution in [0.15, 0.2) is 6.07 Å². The summed E-state index contributed by atoms with van der Waals surface area (Å²) in [4.78, 5) is 10.5. The van der Waals surface area contributed by atoms with Crippen molar-refractivity contribution in [2.75, 3.05) is 0 Å². The second-order valence-corrected chi connectivity index (χ2v) is 2.45. The predicted octanol–water partition coefficient (Wildman–Crippen LogP) is 1.21. The molecule has 4 nitrogen and oxygen atoms in total. The van der Waals surface area contributed by atoms with E-state index in [9.17, 15) is 4.79 Å². The number of hydrogen-bond donors (Lipinski definition) is 0. The van der Waals surface area contributed by atoms with Crippen LogP contribution in [0.4, 0.5) is 0 Å². The van der Waals surface area contributed by atoms with E-state index in [1.807, 2.05) is 0 Å². The average molecular weight is 191 g/mol. The van der Waals surface area contributed by atoms with Crippen molar-refractivity contribution in [2.24, 2.45) is 0 Å². The number of nitrogens with one attached hydrogen (secondary N) is 1. The van der Waals surface area contributed by atoms with Crippen molar-refractivity contribution < 1.29 is 4.79 Å². The Hall–Kier alpha value is -0.870. The van der Waals surface area contributed by atoms with Crippen LogP contribution in [0, 0.1) is 0 Å². The first-order chi connectivity index (χ1) is 5.11. The van der Waals surface area contributed by atoms with Gasteiger partial charge < -0.3 is 0 Å². The quantitative estimate of drug-likeness (QED) is 0.669. The molecule has 0 atom stereocenters. The average Bonchev–Trinajstić information content (AvgIpc) is 1.94. The Morgan fingerprint density at radius 1 is 1.45 bits per heavy atom. The van der Waals surface area contributed by atoms with Crippen LogP contribution in [0.3, 0.4) is 0 Å². The van der Waals surface area contributed by atoms with Crippen molar-refractivity contribution in [2.45, 2.75) is 0 Å². The highest BCUT2D eigenvalue weighted by Crippen LogP contribution is 2.14. The predicted molar refractivity (Wildman–Crippen MR) is 39.5 cm³/mol. The standard InChI is InChI=1S/C5H2Cl2N3O/c6-3-1-2(5(8)11)4(7)10-9-3/h1,8H. The van der Waals surface area contributed by atoms with Gasteiger partial charge in [0, 0.05) is 0 Å². The van der Waals surface area contributed by atoms with Gasteiger partial charge in [-0.25, -0.2) is 0 Å². The van der Waals surface area contributed by atoms with E-state index in [2.05, 4.69) is 10.2 Å². The second kappa shape index (κ2) is 3.02. The first-order valence-corrected chi connectivity index (χ1v) is 3.31. The molecule has 1 amide bonds. The highest BCUT2D eigenvalue weighted by atomic mass is 35.5. The van der Waals surface area contributed by atoms with E-state index in [-0.39, 0.29) is 15.9 Å². The lowest BCUT2D eigenvalue weighted by atomic mass is 10.3. The molecule has 1 N–H and O–H groups in total. The number of halogens is 2. The van der Waals surface area contributed by atoms with Gasteiger partial charge in [0.05, 0.1) is 5.56 Å². The number of hydrogen-bond acceptors (Lipinski definition) is 3. The van der Waals surface area contributed by atoms with Gasteiger partial charge >= 0.3 is 0 Å². The van der Waals surface area contributed by atoms with E-state index in [4.69, 9.17) is 28.9 Å². The Labute approximate surface area is 72.3 Å². The molecule has 1 rings (SSSR count). The molecule has 0 aliphatic carbocycles. The monoisotopic (exact) mass is 190 g/mol. The summed E-state index contributed by atoms with van der Waals surface area (Å²) >= 11 is 10.8. The van der Waals surface area contributed by atoms with Gasteiger partial charge in [-0.15, -0.1) is 10.2 Å². The van der Waals surface area contributed by atoms with Gasteiger partial charge in [-0.2, -0.15) is 0 Å². The van der Waals surface area contributed by atoms with E-state index in [1.165, 1.54) is 6.07 Å². The molecule has 57 valence electrons. The van der Waals surface area contributed by atoms with Crippen molar-refractivity contribution in [3.8, 4) is 0 Å². The molecule has 6 heteroatoms. The van der Waals surface area contributed by atoms with Gasteiger partial charge in [-0.1, -0.05) is 23.2 Å². The van der Waals surface area contributed by atoms with E-state index in [0.29, 0.717) is 0 Å². The van der Waals surface area contributed by atoms with Crippen LogP contribution in [0.2, 0.25) is 10.3 Å². The third kappa shape index (κ3) is 1.78. The van der Waals surface area contributed by atoms with Crippen LogP contribution in [0.5, 0.6) is 0 Å². The maximum absolute atomic E-state index is 10.5. The van der Waals surface area contributed by atoms with Crippen LogP contribution < -0.4 is 5.73 Å². The Morgan fingerprint density at radius 2 is 2.09 bits per heavy atom. The first kappa shape index (κ1) is 8.23. The highest BCUT2D eigenvalue weighted by molar-refractivity contribution is 6.33. The summed E-state index contributed by atoms with van der Waals surface area (Å²) in [6.45, 7) is 0. The lowest BCUT2D eigenvalue weighted by molar-refractivity contribution is 0.0991. The molecule has 0 saturated heterocycles. The number of aromatic nitrogens is 2. The number of carbonyl (C=O) groups is 1. The fourth-order valence-electron chi connectivity index (χ4n) is 0.512. The third-order valence-electron chi connectivity index (χ3n) is 0.964. The van der Waals surface area contributed by atoms with E-state index in [0.717, 1.165) is 0 Å². The van der Waals surface area contributed by atoms with Crippen LogP contribution in [0.25, 0.3) is 0 Å². The summed E-state index contributed by atoms with van der Waals surface area (Å²) in [5, 5.41) is 6.66. The third-order valence-corrected chi connectivity index (χ3v) is 1.43. The summed E-state index contributed by atoms with van der Waals surface area (Å²) in [6.07, 6.45) is 0. The topological polar surface area (TPSA) is 66.7 Å². The zero-order valence-electron chi connectivity index (χ0n) is 5.14. The molecule has 0 bridgehead atoms. The molecule has 1 aromatic rings. The molecule has 0 aromatic carbocycles. The molecule has 0 saturated carbocycles. The lowest BCUT2D eigenvalue weighted by Gasteiger charge is -1.95. The van der Waals surface area contributed by atoms with Gasteiger partial charge in [-0.05, 0) is 6.07 Å². The van der Waals surface area contributed by atoms with Gasteiger partial charge in [0.1, 0.15) is 0 Å². The molecule has 0 fully saturated rings. The van der Waals surface area contributed by atoms with Gasteiger partial charge in [0.2, 0.25) is 0 Å². The Balaban J connectivity index is 3.23. The number of nitrogens with zero attached hydrogens (tertiary/aromatic N) is 2. The molecule has 0 spiro atoms. The molecule has 0 aliphatic heterocycles. The Kier molecular flexibility index (Phi) is 2.26. The summed E-state index contributed by atoms with van der Waals surface area (Å²) in [6, 6.07) is 1.20. The van der Waals surface area contributed by atoms with Crippen LogP contribution in [-0.2, 0) is 0 Å². The Morgan fingerprint density at radius 3 is 2.55 bits per heavy atom. The maximum atomic E-state index is 10.5. The molecule has 0 aliphatic rings. The van der Waals surface area contributed by atoms with Crippen molar-refractivity contribution in [1.29, 1.82) is 0 Å². The van der Waals surface area contributed by atoms with Crippen LogP contribution in [-0.4, -0.2) is 16.1 Å². The number of rotatable bonds is 1. The molecule has 11 heavy (non-hydrogen) atoms. The smallest absolute Gasteiger partial charge is 0.267 e. The zero-order chi connectivity index (χ0) is 8.43. The number of amides is 1. The fraction of sp³-hybridized carbons (Fsp3) is 0. The molecular formula is C5H2Cl2N3O. The van der Waals surface area contributed by atoms with E-state index in [1.54, 1.807) is 0 Å². The van der Waals surface area contributed by atoms with Crippen molar-refractivity contribution in [1.82, 2.24) is 15.9 Å². The normalized spacial score (nSPS) is 9.64. The Bertz CT molecular complexity index is 302. The van der Waals surface area contributed by atoms with E-state index >= 15 is 0 Å². The minimum absolute atomic E-state index is 0.0355. The van der Waals surface area contributed by atoms with Gasteiger partial charge in [0.15, 0.2) is 10.3 Å². The summed E-state index contributed by atoms with van der Waals surface area (Å²) < 4.78 is 0. The zero-order valence-corrected chi connectivity index (χ0v) is 6.65. The molecule has 0 unspecified atom stereocenters. The fourth-order valence-corrected chi connectivity index (χ4v) is 0.837. The first-order valence-electron chi connectivity index (χ1n) is 2.56. The summed E-state index contributed by atoms with van der Waals surface area (Å²) in [7, 11) is 0. The molecule has 1 radical (unpaired) electrons. The van der Waals surface area contributed by atoms with E-state index < -0.39 is 5.91 Å². The molecular weight excluding hydrogens is 189 g/mol. The second-order valence-electron chi connectivity index (χ2n) is 1.70. The SMILES string of the molecule is [NH]C(=O)c1cc(Cl)nnc1Cl. The minimum Gasteiger partial charge on any atom is -0.267 e. The summed E-state index contributed by atoms with van der Waals surface area (Å²) in [5.74, 6) is -0.924. The van der Waals surface area contributed by atoms with Gasteiger partial charge in [-0.3, -0.25) is 10.5 Å². The van der Waals surface area contributed by atoms with Crippen LogP contribution in [0.1, 0.15) is 10.4 Å². The summed E-state index contributed by atoms with van der Waals surface area (Å²) in [5.41, 5.74) is 6.67. The maximum Gasteiger partial charge on any atom is 0.273 e. The number of carbonyl (C=O) groups excluding carboxylic acids is 1.